The topological polar surface area (TPSA) is 28.9 Å². The predicted octanol–water partition coefficient (Wildman–Crippen LogP) is 21.1. The minimum absolute atomic E-state index is 0.0737. The molecule has 0 fully saturated rings. The third-order valence-corrected chi connectivity index (χ3v) is 19.6. The molecule has 4 aliphatic rings. The molecule has 0 radical (unpaired) electrons. The number of furan rings is 1. The van der Waals surface area contributed by atoms with Crippen LogP contribution in [0.25, 0.3) is 53.2 Å². The van der Waals surface area contributed by atoms with Crippen LogP contribution in [0.4, 0.5) is 34.1 Å². The van der Waals surface area contributed by atoms with Crippen LogP contribution in [0.1, 0.15) is 109 Å². The SMILES string of the molecule is CC(C)c1ccc(N(c2ccc3c(c2)C2(c4ccccc4C(C)(C)c4ccccc42)c2cc(N(c4ccc(C(C)C)cc4)c4cccc5c4OC4C=CC=CC54)c4c(sc5ccccc54)c2-3)c2cccc3c2oc2ccccc23)cc1. The number of rotatable bonds is 8. The number of thiophene rings is 1. The number of ether oxygens (including phenoxy) is 1. The Kier molecular flexibility index (Phi) is 10.6. The quantitative estimate of drug-likeness (QED) is 0.152. The highest BCUT2D eigenvalue weighted by atomic mass is 32.1. The van der Waals surface area contributed by atoms with Gasteiger partial charge in [0, 0.05) is 70.5 Å². The van der Waals surface area contributed by atoms with Crippen LogP contribution in [-0.4, -0.2) is 6.10 Å². The van der Waals surface area contributed by atoms with Crippen LogP contribution in [0.15, 0.2) is 235 Å². The molecule has 0 amide bonds. The average molecular weight is 1070 g/mol. The lowest BCUT2D eigenvalue weighted by molar-refractivity contribution is 0.269. The maximum absolute atomic E-state index is 7.16. The Bertz CT molecular complexity index is 4580. The predicted molar refractivity (Wildman–Crippen MR) is 339 cm³/mol. The number of hydrogen-bond donors (Lipinski definition) is 0. The van der Waals surface area contributed by atoms with Crippen molar-refractivity contribution >= 4 is 87.6 Å². The first-order chi connectivity index (χ1) is 39.6. The Morgan fingerprint density at radius 1 is 0.481 bits per heavy atom. The Morgan fingerprint density at radius 3 is 1.79 bits per heavy atom. The first-order valence-electron chi connectivity index (χ1n) is 28.8. The van der Waals surface area contributed by atoms with E-state index in [4.69, 9.17) is 9.15 Å². The third-order valence-electron chi connectivity index (χ3n) is 18.4. The molecule has 2 aromatic heterocycles. The van der Waals surface area contributed by atoms with E-state index in [1.165, 1.54) is 81.4 Å². The molecule has 1 spiro atoms. The van der Waals surface area contributed by atoms with E-state index in [1.807, 2.05) is 11.3 Å². The zero-order valence-electron chi connectivity index (χ0n) is 46.4. The third kappa shape index (κ3) is 6.82. The highest BCUT2D eigenvalue weighted by Crippen LogP contribution is 2.66. The number of hydrogen-bond acceptors (Lipinski definition) is 5. The van der Waals surface area contributed by atoms with Crippen molar-refractivity contribution in [2.24, 2.45) is 0 Å². The van der Waals surface area contributed by atoms with Crippen LogP contribution in [0.3, 0.4) is 0 Å². The van der Waals surface area contributed by atoms with Gasteiger partial charge in [-0.1, -0.05) is 199 Å². The molecular formula is C76H60N2O2S. The van der Waals surface area contributed by atoms with Crippen LogP contribution in [0, 0.1) is 0 Å². The summed E-state index contributed by atoms with van der Waals surface area (Å²) in [4.78, 5) is 4.98. The summed E-state index contributed by atoms with van der Waals surface area (Å²) < 4.78 is 16.6. The molecule has 10 aromatic carbocycles. The maximum Gasteiger partial charge on any atom is 0.159 e. The molecule has 16 rings (SSSR count). The van der Waals surface area contributed by atoms with Gasteiger partial charge in [0.25, 0.3) is 0 Å². The van der Waals surface area contributed by atoms with Crippen LogP contribution in [-0.2, 0) is 10.8 Å². The fraction of sp³-hybridized carbons (Fsp3) is 0.158. The smallest absolute Gasteiger partial charge is 0.159 e. The molecule has 12 aromatic rings. The van der Waals surface area contributed by atoms with Gasteiger partial charge >= 0.3 is 0 Å². The summed E-state index contributed by atoms with van der Waals surface area (Å²) in [5, 5.41) is 4.69. The van der Waals surface area contributed by atoms with E-state index in [-0.39, 0.29) is 17.4 Å². The molecule has 0 saturated carbocycles. The average Bonchev–Trinajstić information content (AvgIpc) is 4.45. The van der Waals surface area contributed by atoms with Gasteiger partial charge < -0.3 is 19.0 Å². The van der Waals surface area contributed by atoms with E-state index in [0.717, 1.165) is 61.8 Å². The first-order valence-corrected chi connectivity index (χ1v) is 29.6. The van der Waals surface area contributed by atoms with Gasteiger partial charge in [-0.15, -0.1) is 11.3 Å². The number of benzene rings is 10. The Morgan fingerprint density at radius 2 is 1.07 bits per heavy atom. The molecule has 3 heterocycles. The second-order valence-corrected chi connectivity index (χ2v) is 24.9. The van der Waals surface area contributed by atoms with Gasteiger partial charge in [-0.05, 0) is 135 Å². The van der Waals surface area contributed by atoms with Gasteiger partial charge in [-0.25, -0.2) is 0 Å². The zero-order valence-corrected chi connectivity index (χ0v) is 47.2. The molecule has 392 valence electrons. The van der Waals surface area contributed by atoms with Crippen LogP contribution >= 0.6 is 11.3 Å². The van der Waals surface area contributed by atoms with Gasteiger partial charge in [0.1, 0.15) is 17.4 Å². The second kappa shape index (κ2) is 17.8. The molecule has 81 heavy (non-hydrogen) atoms. The number of fused-ring (bicyclic) bond motifs is 19. The summed E-state index contributed by atoms with van der Waals surface area (Å²) in [6.45, 7) is 13.9. The van der Waals surface area contributed by atoms with Gasteiger partial charge in [0.15, 0.2) is 5.58 Å². The van der Waals surface area contributed by atoms with E-state index >= 15 is 0 Å². The van der Waals surface area contributed by atoms with Crippen molar-refractivity contribution in [2.45, 2.75) is 76.2 Å². The summed E-state index contributed by atoms with van der Waals surface area (Å²) in [7, 11) is 0. The lowest BCUT2D eigenvalue weighted by Crippen LogP contribution is -2.40. The van der Waals surface area contributed by atoms with Crippen molar-refractivity contribution in [3.8, 4) is 16.9 Å². The van der Waals surface area contributed by atoms with Crippen molar-refractivity contribution in [3.63, 3.8) is 0 Å². The van der Waals surface area contributed by atoms with Crippen molar-refractivity contribution in [1.82, 2.24) is 0 Å². The lowest BCUT2D eigenvalue weighted by atomic mass is 9.55. The van der Waals surface area contributed by atoms with E-state index in [9.17, 15) is 0 Å². The molecular weight excluding hydrogens is 1000 g/mol. The highest BCUT2D eigenvalue weighted by Gasteiger charge is 2.55. The van der Waals surface area contributed by atoms with Crippen molar-refractivity contribution in [3.05, 3.63) is 281 Å². The van der Waals surface area contributed by atoms with Crippen molar-refractivity contribution < 1.29 is 9.15 Å². The molecule has 2 unspecified atom stereocenters. The minimum atomic E-state index is -0.756. The van der Waals surface area contributed by atoms with E-state index in [0.29, 0.717) is 11.8 Å². The molecule has 0 bridgehead atoms. The molecule has 3 aliphatic carbocycles. The molecule has 0 saturated heterocycles. The van der Waals surface area contributed by atoms with Gasteiger partial charge in [-0.3, -0.25) is 0 Å². The van der Waals surface area contributed by atoms with Crippen molar-refractivity contribution in [1.29, 1.82) is 0 Å². The molecule has 0 N–H and O–H groups in total. The number of anilines is 6. The molecule has 2 atom stereocenters. The minimum Gasteiger partial charge on any atom is -0.483 e. The first kappa shape index (κ1) is 48.0. The monoisotopic (exact) mass is 1060 g/mol. The van der Waals surface area contributed by atoms with Gasteiger partial charge in [0.05, 0.1) is 22.5 Å². The van der Waals surface area contributed by atoms with E-state index < -0.39 is 5.41 Å². The fourth-order valence-electron chi connectivity index (χ4n) is 14.5. The van der Waals surface area contributed by atoms with Crippen LogP contribution in [0.2, 0.25) is 0 Å². The van der Waals surface area contributed by atoms with Gasteiger partial charge in [0.2, 0.25) is 0 Å². The molecule has 1 aliphatic heterocycles. The van der Waals surface area contributed by atoms with Crippen molar-refractivity contribution in [2.75, 3.05) is 9.80 Å². The summed E-state index contributed by atoms with van der Waals surface area (Å²) in [6, 6.07) is 78.0. The van der Waals surface area contributed by atoms with Gasteiger partial charge in [-0.2, -0.15) is 0 Å². The number of nitrogens with zero attached hydrogens (tertiary/aromatic N) is 2. The number of allylic oxidation sites excluding steroid dienone is 2. The summed E-state index contributed by atoms with van der Waals surface area (Å²) in [5.74, 6) is 1.84. The van der Waals surface area contributed by atoms with E-state index in [1.54, 1.807) is 0 Å². The normalized spacial score (nSPS) is 16.7. The standard InChI is InChI=1S/C76H60N2O2S/c1-45(2)47-33-37-49(38-34-47)77(64-28-17-22-54-52-19-7-14-30-67(52)79-72(54)64)51-41-42-56-62(43-51)76(60-26-12-10-24-58(60)75(5,6)59-25-11-13-27-61(59)76)63-44-66(71-57-21-9-16-32-69(57)81-74(71)70(56)63)78(50-39-35-48(36-40-50)46(3)4)65-29-18-23-55-53-20-8-15-31-68(53)80-73(55)65/h7-46,53,68H,1-6H3. The fourth-order valence-corrected chi connectivity index (χ4v) is 15.8. The Balaban J connectivity index is 1.04. The summed E-state index contributed by atoms with van der Waals surface area (Å²) in [5.41, 5.74) is 21.3. The maximum atomic E-state index is 7.16. The molecule has 4 nitrogen and oxygen atoms in total. The zero-order chi connectivity index (χ0) is 54.5. The van der Waals surface area contributed by atoms with Crippen LogP contribution in [0.5, 0.6) is 5.75 Å². The Hall–Kier alpha value is -8.90. The lowest BCUT2D eigenvalue weighted by Gasteiger charge is -2.47. The Labute approximate surface area is 477 Å². The van der Waals surface area contributed by atoms with Crippen LogP contribution < -0.4 is 14.5 Å². The second-order valence-electron chi connectivity index (χ2n) is 23.8. The molecule has 5 heteroatoms. The summed E-state index contributed by atoms with van der Waals surface area (Å²) in [6.07, 6.45) is 8.73. The highest BCUT2D eigenvalue weighted by molar-refractivity contribution is 7.26. The summed E-state index contributed by atoms with van der Waals surface area (Å²) >= 11 is 1.92. The largest absolute Gasteiger partial charge is 0.483 e. The van der Waals surface area contributed by atoms with E-state index in [2.05, 4.69) is 282 Å². The number of para-hydroxylation sites is 3.